The molecule has 0 aromatic heterocycles. The minimum Gasteiger partial charge on any atom is -0.491 e. The maximum absolute atomic E-state index is 12.4. The summed E-state index contributed by atoms with van der Waals surface area (Å²) >= 11 is 0. The maximum Gasteiger partial charge on any atom is 0.233 e. The smallest absolute Gasteiger partial charge is 0.233 e. The molecule has 0 spiro atoms. The van der Waals surface area contributed by atoms with Crippen LogP contribution in [0.25, 0.3) is 0 Å². The molecule has 2 aliphatic heterocycles. The largest absolute Gasteiger partial charge is 0.491 e. The number of rotatable bonds is 4. The number of fused-ring (bicyclic) bond motifs is 2. The molecule has 1 aromatic carbocycles. The lowest BCUT2D eigenvalue weighted by molar-refractivity contribution is -0.140. The Labute approximate surface area is 152 Å². The number of nitrogens with zero attached hydrogens (tertiary/aromatic N) is 1. The third-order valence-corrected chi connectivity index (χ3v) is 5.74. The van der Waals surface area contributed by atoms with Gasteiger partial charge in [-0.1, -0.05) is 31.0 Å². The van der Waals surface area contributed by atoms with Gasteiger partial charge in [-0.15, -0.1) is 0 Å². The first-order valence-electron chi connectivity index (χ1n) is 9.49. The molecule has 1 saturated heterocycles. The monoisotopic (exact) mass is 356 g/mol. The molecule has 4 rings (SSSR count). The minimum atomic E-state index is -0.150. The van der Waals surface area contributed by atoms with E-state index >= 15 is 0 Å². The lowest BCUT2D eigenvalue weighted by Gasteiger charge is -2.26. The van der Waals surface area contributed by atoms with E-state index in [9.17, 15) is 14.4 Å². The highest BCUT2D eigenvalue weighted by molar-refractivity contribution is 6.05. The second-order valence-electron chi connectivity index (χ2n) is 7.46. The Hall–Kier alpha value is -2.37. The lowest BCUT2D eigenvalue weighted by Crippen LogP contribution is -2.44. The van der Waals surface area contributed by atoms with Crippen molar-refractivity contribution in [1.29, 1.82) is 0 Å². The molecule has 1 aliphatic carbocycles. The maximum atomic E-state index is 12.4. The van der Waals surface area contributed by atoms with E-state index in [0.29, 0.717) is 6.61 Å². The normalized spacial score (nSPS) is 27.5. The van der Waals surface area contributed by atoms with Gasteiger partial charge in [-0.3, -0.25) is 19.3 Å². The van der Waals surface area contributed by atoms with E-state index in [-0.39, 0.29) is 48.6 Å². The molecule has 3 atom stereocenters. The standard InChI is InChI=1S/C20H24N2O4/c23-18(21-14-11-13-5-1-4-8-17(13)26-12-14)9-10-22-19(24)15-6-2-3-7-16(15)20(22)25/h1,4-5,8,14-16H,2-3,6-7,9-12H2,(H,21,23)/t14-,15-,16-/m1/s1. The zero-order chi connectivity index (χ0) is 18.1. The van der Waals surface area contributed by atoms with Crippen molar-refractivity contribution >= 4 is 17.7 Å². The summed E-state index contributed by atoms with van der Waals surface area (Å²) in [4.78, 5) is 38.5. The van der Waals surface area contributed by atoms with Crippen LogP contribution in [0.4, 0.5) is 0 Å². The van der Waals surface area contributed by atoms with Gasteiger partial charge < -0.3 is 10.1 Å². The number of nitrogens with one attached hydrogen (secondary N) is 1. The molecule has 6 heteroatoms. The highest BCUT2D eigenvalue weighted by Gasteiger charge is 2.47. The number of carbonyl (C=O) groups excluding carboxylic acids is 3. The summed E-state index contributed by atoms with van der Waals surface area (Å²) in [5.74, 6) is 0.261. The molecule has 3 aliphatic rings. The highest BCUT2D eigenvalue weighted by atomic mass is 16.5. The molecule has 0 bridgehead atoms. The van der Waals surface area contributed by atoms with Gasteiger partial charge in [0.1, 0.15) is 12.4 Å². The van der Waals surface area contributed by atoms with E-state index in [2.05, 4.69) is 5.32 Å². The minimum absolute atomic E-state index is 0.0787. The molecule has 1 N–H and O–H groups in total. The van der Waals surface area contributed by atoms with E-state index in [1.54, 1.807) is 0 Å². The molecular weight excluding hydrogens is 332 g/mol. The van der Waals surface area contributed by atoms with Crippen molar-refractivity contribution in [3.8, 4) is 5.75 Å². The summed E-state index contributed by atoms with van der Waals surface area (Å²) in [6, 6.07) is 7.73. The molecule has 0 radical (unpaired) electrons. The van der Waals surface area contributed by atoms with Crippen LogP contribution in [-0.2, 0) is 20.8 Å². The SMILES string of the molecule is O=C(CCN1C(=O)[C@@H]2CCCC[C@H]2C1=O)N[C@H]1COc2ccccc2C1. The number of benzene rings is 1. The fourth-order valence-electron chi connectivity index (χ4n) is 4.39. The second kappa shape index (κ2) is 7.09. The van der Waals surface area contributed by atoms with E-state index in [4.69, 9.17) is 4.74 Å². The zero-order valence-electron chi connectivity index (χ0n) is 14.8. The van der Waals surface area contributed by atoms with Gasteiger partial charge in [0, 0.05) is 13.0 Å². The fourth-order valence-corrected chi connectivity index (χ4v) is 4.39. The van der Waals surface area contributed by atoms with Crippen LogP contribution in [0.1, 0.15) is 37.7 Å². The molecule has 3 amide bonds. The molecule has 1 aromatic rings. The van der Waals surface area contributed by atoms with Gasteiger partial charge in [-0.25, -0.2) is 0 Å². The van der Waals surface area contributed by atoms with Crippen LogP contribution >= 0.6 is 0 Å². The third-order valence-electron chi connectivity index (χ3n) is 5.74. The van der Waals surface area contributed by atoms with Crippen molar-refractivity contribution in [2.75, 3.05) is 13.2 Å². The van der Waals surface area contributed by atoms with Crippen LogP contribution in [0.15, 0.2) is 24.3 Å². The van der Waals surface area contributed by atoms with E-state index in [1.165, 1.54) is 4.90 Å². The highest BCUT2D eigenvalue weighted by Crippen LogP contribution is 2.37. The summed E-state index contributed by atoms with van der Waals surface area (Å²) < 4.78 is 5.68. The van der Waals surface area contributed by atoms with Crippen LogP contribution in [-0.4, -0.2) is 41.8 Å². The molecule has 138 valence electrons. The van der Waals surface area contributed by atoms with Gasteiger partial charge in [-0.2, -0.15) is 0 Å². The Balaban J connectivity index is 1.29. The summed E-state index contributed by atoms with van der Waals surface area (Å²) in [5, 5.41) is 2.96. The average Bonchev–Trinajstić information content (AvgIpc) is 2.91. The molecule has 2 heterocycles. The van der Waals surface area contributed by atoms with Crippen molar-refractivity contribution in [2.45, 2.75) is 44.6 Å². The van der Waals surface area contributed by atoms with Gasteiger partial charge in [0.15, 0.2) is 0 Å². The van der Waals surface area contributed by atoms with Crippen LogP contribution in [0.3, 0.4) is 0 Å². The molecule has 0 unspecified atom stereocenters. The molecular formula is C20H24N2O4. The number of imide groups is 1. The Morgan fingerprint density at radius 3 is 2.54 bits per heavy atom. The lowest BCUT2D eigenvalue weighted by atomic mass is 9.81. The van der Waals surface area contributed by atoms with Crippen molar-refractivity contribution in [3.05, 3.63) is 29.8 Å². The van der Waals surface area contributed by atoms with Crippen molar-refractivity contribution in [2.24, 2.45) is 11.8 Å². The molecule has 26 heavy (non-hydrogen) atoms. The summed E-state index contributed by atoms with van der Waals surface area (Å²) in [6.07, 6.45) is 4.51. The Morgan fingerprint density at radius 2 is 1.81 bits per heavy atom. The number of ether oxygens (including phenoxy) is 1. The predicted molar refractivity (Wildman–Crippen MR) is 94.4 cm³/mol. The number of hydrogen-bond donors (Lipinski definition) is 1. The molecule has 6 nitrogen and oxygen atoms in total. The first-order valence-corrected chi connectivity index (χ1v) is 9.49. The first-order chi connectivity index (χ1) is 12.6. The van der Waals surface area contributed by atoms with E-state index < -0.39 is 0 Å². The van der Waals surface area contributed by atoms with Gasteiger partial charge >= 0.3 is 0 Å². The van der Waals surface area contributed by atoms with Crippen LogP contribution < -0.4 is 10.1 Å². The number of amides is 3. The Morgan fingerprint density at radius 1 is 1.12 bits per heavy atom. The average molecular weight is 356 g/mol. The predicted octanol–water partition coefficient (Wildman–Crippen LogP) is 1.67. The third kappa shape index (κ3) is 3.20. The van der Waals surface area contributed by atoms with E-state index in [0.717, 1.165) is 43.4 Å². The Bertz CT molecular complexity index is 708. The topological polar surface area (TPSA) is 75.7 Å². The number of hydrogen-bond acceptors (Lipinski definition) is 4. The van der Waals surface area contributed by atoms with Crippen molar-refractivity contribution in [1.82, 2.24) is 10.2 Å². The first kappa shape index (κ1) is 17.1. The summed E-state index contributed by atoms with van der Waals surface area (Å²) in [5.41, 5.74) is 1.08. The molecule has 2 fully saturated rings. The van der Waals surface area contributed by atoms with Crippen LogP contribution in [0.5, 0.6) is 5.75 Å². The Kier molecular flexibility index (Phi) is 4.66. The zero-order valence-corrected chi connectivity index (χ0v) is 14.8. The van der Waals surface area contributed by atoms with E-state index in [1.807, 2.05) is 24.3 Å². The quantitative estimate of drug-likeness (QED) is 0.833. The fraction of sp³-hybridized carbons (Fsp3) is 0.550. The van der Waals surface area contributed by atoms with Crippen LogP contribution in [0.2, 0.25) is 0 Å². The summed E-state index contributed by atoms with van der Waals surface area (Å²) in [7, 11) is 0. The van der Waals surface area contributed by atoms with Gasteiger partial charge in [0.25, 0.3) is 0 Å². The van der Waals surface area contributed by atoms with Gasteiger partial charge in [-0.05, 0) is 30.9 Å². The van der Waals surface area contributed by atoms with Crippen LogP contribution in [0, 0.1) is 11.8 Å². The second-order valence-corrected chi connectivity index (χ2v) is 7.46. The van der Waals surface area contributed by atoms with Gasteiger partial charge in [0.2, 0.25) is 17.7 Å². The number of likely N-dealkylation sites (tertiary alicyclic amines) is 1. The number of carbonyl (C=O) groups is 3. The number of para-hydroxylation sites is 1. The van der Waals surface area contributed by atoms with Gasteiger partial charge in [0.05, 0.1) is 17.9 Å². The molecule has 1 saturated carbocycles. The summed E-state index contributed by atoms with van der Waals surface area (Å²) in [6.45, 7) is 0.620. The van der Waals surface area contributed by atoms with Crippen molar-refractivity contribution < 1.29 is 19.1 Å². The van der Waals surface area contributed by atoms with Crippen molar-refractivity contribution in [3.63, 3.8) is 0 Å².